The number of nitrogen functional groups attached to an aromatic ring is 1. The molecule has 0 aliphatic rings. The van der Waals surface area contributed by atoms with Crippen LogP contribution in [-0.4, -0.2) is 22.6 Å². The summed E-state index contributed by atoms with van der Waals surface area (Å²) >= 11 is 0. The summed E-state index contributed by atoms with van der Waals surface area (Å²) in [6.45, 7) is 5.17. The summed E-state index contributed by atoms with van der Waals surface area (Å²) in [4.78, 5) is 11.8. The van der Waals surface area contributed by atoms with Gasteiger partial charge in [0.15, 0.2) is 11.5 Å². The van der Waals surface area contributed by atoms with Gasteiger partial charge in [0.1, 0.15) is 0 Å². The summed E-state index contributed by atoms with van der Waals surface area (Å²) in [5, 5.41) is 10.4. The van der Waals surface area contributed by atoms with Gasteiger partial charge in [-0.05, 0) is 24.5 Å². The first-order valence-electron chi connectivity index (χ1n) is 7.22. The zero-order valence-electron chi connectivity index (χ0n) is 12.4. The van der Waals surface area contributed by atoms with E-state index >= 15 is 0 Å². The van der Waals surface area contributed by atoms with Crippen LogP contribution < -0.4 is 16.6 Å². The molecule has 0 saturated heterocycles. The van der Waals surface area contributed by atoms with Gasteiger partial charge in [0.25, 0.3) is 5.91 Å². The maximum atomic E-state index is 11.8. The second kappa shape index (κ2) is 9.25. The number of nitrogens with one attached hydrogen (secondary N) is 2. The van der Waals surface area contributed by atoms with E-state index in [1.807, 2.05) is 0 Å². The molecule has 0 aromatic carbocycles. The molecule has 0 unspecified atom stereocenters. The van der Waals surface area contributed by atoms with Crippen molar-refractivity contribution >= 4 is 11.7 Å². The van der Waals surface area contributed by atoms with Crippen molar-refractivity contribution in [1.29, 1.82) is 0 Å². The highest BCUT2D eigenvalue weighted by Gasteiger charge is 2.06. The van der Waals surface area contributed by atoms with Gasteiger partial charge in [0.2, 0.25) is 0 Å². The number of hydrazine groups is 1. The molecule has 112 valence electrons. The third-order valence-corrected chi connectivity index (χ3v) is 3.04. The molecule has 1 heterocycles. The van der Waals surface area contributed by atoms with Gasteiger partial charge in [0.05, 0.1) is 0 Å². The van der Waals surface area contributed by atoms with Crippen LogP contribution in [-0.2, 0) is 0 Å². The Balaban J connectivity index is 2.13. The van der Waals surface area contributed by atoms with Crippen LogP contribution in [0.4, 0.5) is 5.82 Å². The Kier molecular flexibility index (Phi) is 7.57. The van der Waals surface area contributed by atoms with Gasteiger partial charge in [0, 0.05) is 6.54 Å². The molecule has 0 aliphatic carbocycles. The number of nitrogens with two attached hydrogens (primary N) is 1. The highest BCUT2D eigenvalue weighted by molar-refractivity contribution is 5.92. The summed E-state index contributed by atoms with van der Waals surface area (Å²) in [7, 11) is 0. The minimum Gasteiger partial charge on any atom is -0.351 e. The Hall–Kier alpha value is -1.69. The SMILES string of the molecule is CC(C)CCCCCCNC(=O)c1ccc(NN)nn1. The molecule has 1 amide bonds. The summed E-state index contributed by atoms with van der Waals surface area (Å²) in [5.41, 5.74) is 2.68. The lowest BCUT2D eigenvalue weighted by molar-refractivity contribution is 0.0947. The third kappa shape index (κ3) is 6.47. The molecular formula is C14H25N5O. The van der Waals surface area contributed by atoms with Gasteiger partial charge < -0.3 is 10.7 Å². The first-order chi connectivity index (χ1) is 9.63. The van der Waals surface area contributed by atoms with Crippen LogP contribution in [0.2, 0.25) is 0 Å². The number of nitrogens with zero attached hydrogens (tertiary/aromatic N) is 2. The van der Waals surface area contributed by atoms with Crippen molar-refractivity contribution in [3.05, 3.63) is 17.8 Å². The largest absolute Gasteiger partial charge is 0.351 e. The minimum atomic E-state index is -0.191. The van der Waals surface area contributed by atoms with Crippen LogP contribution in [0.15, 0.2) is 12.1 Å². The number of aromatic nitrogens is 2. The third-order valence-electron chi connectivity index (χ3n) is 3.04. The molecule has 0 bridgehead atoms. The maximum absolute atomic E-state index is 11.8. The van der Waals surface area contributed by atoms with Crippen LogP contribution in [0, 0.1) is 5.92 Å². The van der Waals surface area contributed by atoms with Crippen molar-refractivity contribution in [1.82, 2.24) is 15.5 Å². The van der Waals surface area contributed by atoms with Crippen molar-refractivity contribution in [3.63, 3.8) is 0 Å². The summed E-state index contributed by atoms with van der Waals surface area (Å²) < 4.78 is 0. The fourth-order valence-electron chi connectivity index (χ4n) is 1.85. The summed E-state index contributed by atoms with van der Waals surface area (Å²) in [6, 6.07) is 3.22. The zero-order valence-corrected chi connectivity index (χ0v) is 12.4. The summed E-state index contributed by atoms with van der Waals surface area (Å²) in [5.74, 6) is 6.20. The fourth-order valence-corrected chi connectivity index (χ4v) is 1.85. The number of carbonyl (C=O) groups is 1. The lowest BCUT2D eigenvalue weighted by Gasteiger charge is -2.06. The van der Waals surface area contributed by atoms with E-state index in [4.69, 9.17) is 5.84 Å². The highest BCUT2D eigenvalue weighted by atomic mass is 16.1. The molecule has 0 radical (unpaired) electrons. The fraction of sp³-hybridized carbons (Fsp3) is 0.643. The van der Waals surface area contributed by atoms with E-state index in [0.717, 1.165) is 18.8 Å². The van der Waals surface area contributed by atoms with E-state index in [9.17, 15) is 4.79 Å². The van der Waals surface area contributed by atoms with Gasteiger partial charge in [-0.3, -0.25) is 4.79 Å². The molecule has 0 spiro atoms. The van der Waals surface area contributed by atoms with Gasteiger partial charge in [-0.2, -0.15) is 0 Å². The number of hydrogen-bond acceptors (Lipinski definition) is 5. The molecule has 1 rings (SSSR count). The van der Waals surface area contributed by atoms with Gasteiger partial charge in [-0.15, -0.1) is 10.2 Å². The van der Waals surface area contributed by atoms with Gasteiger partial charge in [-0.1, -0.05) is 39.5 Å². The average molecular weight is 279 g/mol. The molecule has 20 heavy (non-hydrogen) atoms. The van der Waals surface area contributed by atoms with Crippen LogP contribution >= 0.6 is 0 Å². The highest BCUT2D eigenvalue weighted by Crippen LogP contribution is 2.09. The van der Waals surface area contributed by atoms with Crippen LogP contribution in [0.3, 0.4) is 0 Å². The molecule has 0 aliphatic heterocycles. The molecule has 1 aromatic heterocycles. The summed E-state index contributed by atoms with van der Waals surface area (Å²) in [6.07, 6.45) is 5.92. The van der Waals surface area contributed by atoms with Crippen LogP contribution in [0.1, 0.15) is 56.4 Å². The number of rotatable bonds is 9. The van der Waals surface area contributed by atoms with E-state index in [1.54, 1.807) is 12.1 Å². The normalized spacial score (nSPS) is 10.6. The van der Waals surface area contributed by atoms with E-state index in [2.05, 4.69) is 34.8 Å². The van der Waals surface area contributed by atoms with Crippen LogP contribution in [0.25, 0.3) is 0 Å². The molecule has 0 fully saturated rings. The van der Waals surface area contributed by atoms with Crippen molar-refractivity contribution < 1.29 is 4.79 Å². The number of carbonyl (C=O) groups excluding carboxylic acids is 1. The number of unbranched alkanes of at least 4 members (excludes halogenated alkanes) is 3. The lowest BCUT2D eigenvalue weighted by Crippen LogP contribution is -2.25. The zero-order chi connectivity index (χ0) is 14.8. The topological polar surface area (TPSA) is 92.9 Å². The number of hydrogen-bond donors (Lipinski definition) is 3. The Morgan fingerprint density at radius 1 is 1.20 bits per heavy atom. The van der Waals surface area contributed by atoms with Crippen molar-refractivity contribution in [2.24, 2.45) is 11.8 Å². The molecular weight excluding hydrogens is 254 g/mol. The lowest BCUT2D eigenvalue weighted by atomic mass is 10.0. The number of anilines is 1. The van der Waals surface area contributed by atoms with Gasteiger partial charge in [-0.25, -0.2) is 5.84 Å². The van der Waals surface area contributed by atoms with Crippen molar-refractivity contribution in [2.75, 3.05) is 12.0 Å². The first-order valence-corrected chi connectivity index (χ1v) is 7.22. The van der Waals surface area contributed by atoms with Crippen molar-refractivity contribution in [3.8, 4) is 0 Å². The minimum absolute atomic E-state index is 0.191. The second-order valence-corrected chi connectivity index (χ2v) is 5.30. The molecule has 0 atom stereocenters. The molecule has 0 saturated carbocycles. The standard InChI is InChI=1S/C14H25N5O/c1-11(2)7-5-3-4-6-10-16-14(20)12-8-9-13(17-15)19-18-12/h8-9,11H,3-7,10,15H2,1-2H3,(H,16,20)(H,17,19). The predicted octanol–water partition coefficient (Wildman–Crippen LogP) is 2.10. The molecule has 4 N–H and O–H groups in total. The van der Waals surface area contributed by atoms with E-state index in [-0.39, 0.29) is 5.91 Å². The van der Waals surface area contributed by atoms with E-state index in [0.29, 0.717) is 18.1 Å². The second-order valence-electron chi connectivity index (χ2n) is 5.30. The Labute approximate surface area is 120 Å². The smallest absolute Gasteiger partial charge is 0.271 e. The van der Waals surface area contributed by atoms with Gasteiger partial charge >= 0.3 is 0 Å². The number of amides is 1. The molecule has 6 nitrogen and oxygen atoms in total. The Morgan fingerprint density at radius 3 is 2.55 bits per heavy atom. The molecule has 1 aromatic rings. The van der Waals surface area contributed by atoms with Crippen molar-refractivity contribution in [2.45, 2.75) is 46.0 Å². The Bertz CT molecular complexity index is 391. The van der Waals surface area contributed by atoms with Crippen LogP contribution in [0.5, 0.6) is 0 Å². The Morgan fingerprint density at radius 2 is 1.95 bits per heavy atom. The first kappa shape index (κ1) is 16.4. The monoisotopic (exact) mass is 279 g/mol. The molecule has 6 heteroatoms. The van der Waals surface area contributed by atoms with E-state index < -0.39 is 0 Å². The predicted molar refractivity (Wildman–Crippen MR) is 80.1 cm³/mol. The maximum Gasteiger partial charge on any atom is 0.271 e. The average Bonchev–Trinajstić information content (AvgIpc) is 2.45. The van der Waals surface area contributed by atoms with E-state index in [1.165, 1.54) is 19.3 Å². The quantitative estimate of drug-likeness (QED) is 0.366.